The topological polar surface area (TPSA) is 113 Å². The van der Waals surface area contributed by atoms with Gasteiger partial charge in [-0.05, 0) is 31.2 Å². The number of hydrogen-bond donors (Lipinski definition) is 2. The molecule has 2 aromatic carbocycles. The highest BCUT2D eigenvalue weighted by molar-refractivity contribution is 7.87. The number of amides is 2. The molecule has 0 radical (unpaired) electrons. The molecular formula is C27H33N5O5S. The molecule has 0 unspecified atom stereocenters. The fourth-order valence-corrected chi connectivity index (χ4v) is 5.12. The predicted molar refractivity (Wildman–Crippen MR) is 147 cm³/mol. The molecule has 2 N–H and O–H groups in total. The average molecular weight is 540 g/mol. The molecule has 10 nitrogen and oxygen atoms in total. The highest BCUT2D eigenvalue weighted by atomic mass is 32.2. The number of para-hydroxylation sites is 1. The monoisotopic (exact) mass is 539 g/mol. The molecule has 0 bridgehead atoms. The van der Waals surface area contributed by atoms with Gasteiger partial charge in [0.05, 0.1) is 18.7 Å². The third kappa shape index (κ3) is 6.30. The number of rotatable bonds is 9. The Hall–Kier alpha value is -3.51. The van der Waals surface area contributed by atoms with E-state index in [1.165, 1.54) is 30.3 Å². The molecule has 1 aliphatic heterocycles. The number of hydrogen-bond acceptors (Lipinski definition) is 6. The molecule has 4 rings (SSSR count). The van der Waals surface area contributed by atoms with Crippen molar-refractivity contribution < 1.29 is 22.7 Å². The van der Waals surface area contributed by atoms with Crippen LogP contribution in [0.2, 0.25) is 0 Å². The Kier molecular flexibility index (Phi) is 8.62. The van der Waals surface area contributed by atoms with Gasteiger partial charge in [0.15, 0.2) is 0 Å². The second kappa shape index (κ2) is 11.9. The lowest BCUT2D eigenvalue weighted by molar-refractivity contribution is -0.117. The molecule has 1 fully saturated rings. The van der Waals surface area contributed by atoms with Gasteiger partial charge < -0.3 is 15.4 Å². The normalized spacial score (nSPS) is 15.1. The minimum Gasteiger partial charge on any atom is -0.379 e. The summed E-state index contributed by atoms with van der Waals surface area (Å²) in [5.74, 6) is -0.907. The third-order valence-corrected chi connectivity index (χ3v) is 8.06. The number of carbonyl (C=O) groups excluding carboxylic acids is 2. The maximum atomic E-state index is 13.3. The van der Waals surface area contributed by atoms with Crippen LogP contribution >= 0.6 is 0 Å². The van der Waals surface area contributed by atoms with Crippen LogP contribution in [0.3, 0.4) is 0 Å². The van der Waals surface area contributed by atoms with Crippen LogP contribution in [-0.2, 0) is 19.7 Å². The second-order valence-corrected chi connectivity index (χ2v) is 11.3. The summed E-state index contributed by atoms with van der Waals surface area (Å²) >= 11 is 0. The highest BCUT2D eigenvalue weighted by Crippen LogP contribution is 2.25. The van der Waals surface area contributed by atoms with Crippen molar-refractivity contribution in [3.8, 4) is 0 Å². The molecule has 38 heavy (non-hydrogen) atoms. The summed E-state index contributed by atoms with van der Waals surface area (Å²) in [6.07, 6.45) is 2.97. The van der Waals surface area contributed by atoms with E-state index in [1.807, 2.05) is 19.1 Å². The van der Waals surface area contributed by atoms with Gasteiger partial charge in [-0.2, -0.15) is 12.7 Å². The van der Waals surface area contributed by atoms with Crippen LogP contribution in [0.15, 0.2) is 60.4 Å². The largest absolute Gasteiger partial charge is 0.379 e. The van der Waals surface area contributed by atoms with Crippen LogP contribution in [-0.4, -0.2) is 86.9 Å². The fraction of sp³-hybridized carbons (Fsp3) is 0.333. The summed E-state index contributed by atoms with van der Waals surface area (Å²) < 4.78 is 33.6. The summed E-state index contributed by atoms with van der Waals surface area (Å²) in [6, 6.07) is 14.0. The number of nitrogens with one attached hydrogen (secondary N) is 2. The zero-order valence-electron chi connectivity index (χ0n) is 21.8. The first-order chi connectivity index (χ1) is 18.2. The number of aryl methyl sites for hydroxylation is 1. The van der Waals surface area contributed by atoms with Crippen molar-refractivity contribution in [2.75, 3.05) is 53.5 Å². The third-order valence-electron chi connectivity index (χ3n) is 6.34. The minimum atomic E-state index is -3.82. The van der Waals surface area contributed by atoms with E-state index in [9.17, 15) is 18.0 Å². The van der Waals surface area contributed by atoms with Crippen molar-refractivity contribution in [1.82, 2.24) is 23.8 Å². The van der Waals surface area contributed by atoms with Gasteiger partial charge in [-0.1, -0.05) is 35.9 Å². The van der Waals surface area contributed by atoms with Gasteiger partial charge in [0.2, 0.25) is 0 Å². The van der Waals surface area contributed by atoms with Gasteiger partial charge in [-0.25, -0.2) is 3.97 Å². The Morgan fingerprint density at radius 1 is 1.05 bits per heavy atom. The Bertz CT molecular complexity index is 1440. The molecule has 0 atom stereocenters. The van der Waals surface area contributed by atoms with Crippen LogP contribution in [0.4, 0.5) is 0 Å². The summed E-state index contributed by atoms with van der Waals surface area (Å²) in [5.41, 5.74) is 2.37. The molecule has 2 heterocycles. The van der Waals surface area contributed by atoms with Gasteiger partial charge in [0.1, 0.15) is 5.70 Å². The maximum Gasteiger partial charge on any atom is 0.307 e. The van der Waals surface area contributed by atoms with Crippen molar-refractivity contribution >= 4 is 39.0 Å². The molecule has 0 saturated carbocycles. The van der Waals surface area contributed by atoms with E-state index in [1.54, 1.807) is 36.4 Å². The van der Waals surface area contributed by atoms with E-state index in [0.717, 1.165) is 23.0 Å². The van der Waals surface area contributed by atoms with Gasteiger partial charge in [-0.3, -0.25) is 14.5 Å². The van der Waals surface area contributed by atoms with Crippen molar-refractivity contribution in [1.29, 1.82) is 0 Å². The summed E-state index contributed by atoms with van der Waals surface area (Å²) in [5, 5.41) is 6.24. The quantitative estimate of drug-likeness (QED) is 0.401. The second-order valence-electron chi connectivity index (χ2n) is 9.28. The maximum absolute atomic E-state index is 13.3. The number of benzene rings is 2. The summed E-state index contributed by atoms with van der Waals surface area (Å²) in [6.45, 7) is 5.86. The molecule has 3 aromatic rings. The number of carbonyl (C=O) groups is 2. The van der Waals surface area contributed by atoms with Gasteiger partial charge in [-0.15, -0.1) is 0 Å². The fourth-order valence-electron chi connectivity index (χ4n) is 4.12. The molecule has 0 aliphatic carbocycles. The van der Waals surface area contributed by atoms with Gasteiger partial charge in [0, 0.05) is 63.0 Å². The zero-order chi connectivity index (χ0) is 27.3. The molecule has 0 spiro atoms. The van der Waals surface area contributed by atoms with Gasteiger partial charge >= 0.3 is 10.2 Å². The average Bonchev–Trinajstić information content (AvgIpc) is 3.28. The Morgan fingerprint density at radius 3 is 2.42 bits per heavy atom. The molecule has 202 valence electrons. The first-order valence-corrected chi connectivity index (χ1v) is 13.8. The first kappa shape index (κ1) is 27.5. The molecule has 1 aromatic heterocycles. The first-order valence-electron chi connectivity index (χ1n) is 12.4. The van der Waals surface area contributed by atoms with Crippen LogP contribution in [0.25, 0.3) is 17.0 Å². The molecular weight excluding hydrogens is 506 g/mol. The number of nitrogens with zero attached hydrogens (tertiary/aromatic N) is 3. The van der Waals surface area contributed by atoms with E-state index in [-0.39, 0.29) is 5.70 Å². The minimum absolute atomic E-state index is 0.0164. The Labute approximate surface area is 223 Å². The standard InChI is InChI=1S/C27H33N5O5S/c1-20-8-10-21(11-9-20)26(33)29-24(27(34)28-12-13-31-14-16-37-17-15-31)18-22-19-32(38(35,36)30(2)3)25-7-5-4-6-23(22)25/h4-11,18-19H,12-17H2,1-3H3,(H,28,34)(H,29,33). The molecule has 11 heteroatoms. The smallest absolute Gasteiger partial charge is 0.307 e. The SMILES string of the molecule is Cc1ccc(C(=O)NC(=Cc2cn(S(=O)(=O)N(C)C)c3ccccc23)C(=O)NCCN2CCOCC2)cc1. The molecule has 1 saturated heterocycles. The number of ether oxygens (including phenoxy) is 1. The molecule has 2 amide bonds. The van der Waals surface area contributed by atoms with Crippen molar-refractivity contribution in [2.24, 2.45) is 0 Å². The van der Waals surface area contributed by atoms with Crippen molar-refractivity contribution in [3.05, 3.63) is 77.1 Å². The number of aromatic nitrogens is 1. The lowest BCUT2D eigenvalue weighted by atomic mass is 10.1. The van der Waals surface area contributed by atoms with E-state index < -0.39 is 22.0 Å². The van der Waals surface area contributed by atoms with Crippen LogP contribution in [0, 0.1) is 6.92 Å². The lowest BCUT2D eigenvalue weighted by Gasteiger charge is -2.26. The van der Waals surface area contributed by atoms with Crippen molar-refractivity contribution in [2.45, 2.75) is 6.92 Å². The van der Waals surface area contributed by atoms with Gasteiger partial charge in [0.25, 0.3) is 11.8 Å². The van der Waals surface area contributed by atoms with E-state index in [4.69, 9.17) is 4.74 Å². The zero-order valence-corrected chi connectivity index (χ0v) is 22.6. The highest BCUT2D eigenvalue weighted by Gasteiger charge is 2.22. The number of morpholine rings is 1. The van der Waals surface area contributed by atoms with E-state index in [0.29, 0.717) is 48.3 Å². The van der Waals surface area contributed by atoms with Crippen LogP contribution in [0.1, 0.15) is 21.5 Å². The summed E-state index contributed by atoms with van der Waals surface area (Å²) in [4.78, 5) is 28.5. The van der Waals surface area contributed by atoms with E-state index >= 15 is 0 Å². The van der Waals surface area contributed by atoms with Crippen LogP contribution in [0.5, 0.6) is 0 Å². The molecule has 1 aliphatic rings. The predicted octanol–water partition coefficient (Wildman–Crippen LogP) is 1.82. The summed E-state index contributed by atoms with van der Waals surface area (Å²) in [7, 11) is -0.912. The van der Waals surface area contributed by atoms with E-state index in [2.05, 4.69) is 15.5 Å². The number of fused-ring (bicyclic) bond motifs is 1. The lowest BCUT2D eigenvalue weighted by Crippen LogP contribution is -2.42. The van der Waals surface area contributed by atoms with Crippen LogP contribution < -0.4 is 10.6 Å². The Morgan fingerprint density at radius 2 is 1.74 bits per heavy atom. The Balaban J connectivity index is 1.67. The van der Waals surface area contributed by atoms with Crippen molar-refractivity contribution in [3.63, 3.8) is 0 Å².